The van der Waals surface area contributed by atoms with E-state index in [1.807, 2.05) is 61.5 Å². The van der Waals surface area contributed by atoms with Gasteiger partial charge >= 0.3 is 5.97 Å². The fourth-order valence-electron chi connectivity index (χ4n) is 3.43. The summed E-state index contributed by atoms with van der Waals surface area (Å²) < 4.78 is 11.9. The largest absolute Gasteiger partial charge is 0.480 e. The molecule has 1 atom stereocenters. The predicted molar refractivity (Wildman–Crippen MR) is 113 cm³/mol. The van der Waals surface area contributed by atoms with E-state index in [0.29, 0.717) is 13.2 Å². The van der Waals surface area contributed by atoms with Gasteiger partial charge in [-0.25, -0.2) is 4.79 Å². The zero-order valence-corrected chi connectivity index (χ0v) is 16.5. The molecule has 0 saturated carbocycles. The molecule has 0 fully saturated rings. The molecule has 3 aromatic carbocycles. The van der Waals surface area contributed by atoms with Crippen LogP contribution in [0.5, 0.6) is 0 Å². The van der Waals surface area contributed by atoms with E-state index in [0.717, 1.165) is 16.7 Å². The van der Waals surface area contributed by atoms with Gasteiger partial charge in [-0.15, -0.1) is 0 Å². The van der Waals surface area contributed by atoms with Crippen LogP contribution in [-0.2, 0) is 19.9 Å². The molecule has 150 valence electrons. The third kappa shape index (κ3) is 5.11. The number of carboxylic acids is 1. The van der Waals surface area contributed by atoms with Crippen molar-refractivity contribution in [3.05, 3.63) is 108 Å². The summed E-state index contributed by atoms with van der Waals surface area (Å²) in [5.74, 6) is -0.935. The molecule has 3 rings (SSSR count). The quantitative estimate of drug-likeness (QED) is 0.509. The first-order valence-electron chi connectivity index (χ1n) is 9.73. The molecular formula is C25H26O4. The lowest BCUT2D eigenvalue weighted by molar-refractivity contribution is -0.143. The van der Waals surface area contributed by atoms with E-state index >= 15 is 0 Å². The Morgan fingerprint density at radius 1 is 0.793 bits per heavy atom. The van der Waals surface area contributed by atoms with Gasteiger partial charge in [-0.05, 0) is 16.7 Å². The molecule has 0 spiro atoms. The summed E-state index contributed by atoms with van der Waals surface area (Å²) in [5, 5.41) is 8.78. The molecule has 0 aliphatic carbocycles. The second-order valence-corrected chi connectivity index (χ2v) is 7.10. The average Bonchev–Trinajstić information content (AvgIpc) is 2.76. The minimum atomic E-state index is -0.967. The number of carbonyl (C=O) groups is 1. The molecule has 0 saturated heterocycles. The molecule has 0 aliphatic rings. The smallest absolute Gasteiger partial charge is 0.329 e. The maximum absolute atomic E-state index is 10.7. The van der Waals surface area contributed by atoms with Gasteiger partial charge in [0, 0.05) is 5.92 Å². The van der Waals surface area contributed by atoms with Gasteiger partial charge in [-0.1, -0.05) is 97.9 Å². The van der Waals surface area contributed by atoms with Crippen LogP contribution in [0.1, 0.15) is 23.6 Å². The summed E-state index contributed by atoms with van der Waals surface area (Å²) in [7, 11) is 0. The van der Waals surface area contributed by atoms with Crippen molar-refractivity contribution >= 4 is 5.97 Å². The maximum Gasteiger partial charge on any atom is 0.329 e. The Bertz CT molecular complexity index is 782. The summed E-state index contributed by atoms with van der Waals surface area (Å²) in [6, 6.07) is 30.5. The van der Waals surface area contributed by atoms with E-state index in [-0.39, 0.29) is 12.5 Å². The Kier molecular flexibility index (Phi) is 7.17. The van der Waals surface area contributed by atoms with Crippen LogP contribution in [0.2, 0.25) is 0 Å². The van der Waals surface area contributed by atoms with Gasteiger partial charge in [-0.2, -0.15) is 0 Å². The van der Waals surface area contributed by atoms with Crippen LogP contribution in [0.3, 0.4) is 0 Å². The van der Waals surface area contributed by atoms with Gasteiger partial charge < -0.3 is 14.6 Å². The van der Waals surface area contributed by atoms with Crippen LogP contribution >= 0.6 is 0 Å². The van der Waals surface area contributed by atoms with Crippen LogP contribution in [0.4, 0.5) is 0 Å². The molecule has 0 amide bonds. The number of rotatable bonds is 10. The Morgan fingerprint density at radius 3 is 1.59 bits per heavy atom. The van der Waals surface area contributed by atoms with Crippen molar-refractivity contribution in [1.29, 1.82) is 0 Å². The molecule has 0 unspecified atom stereocenters. The van der Waals surface area contributed by atoms with Crippen molar-refractivity contribution in [2.75, 3.05) is 19.8 Å². The lowest BCUT2D eigenvalue weighted by atomic mass is 9.80. The SMILES string of the molecule is C[C@@H](COCC(=O)O)COC(c1ccccc1)(c1ccccc1)c1ccccc1. The summed E-state index contributed by atoms with van der Waals surface area (Å²) in [5.41, 5.74) is 2.34. The van der Waals surface area contributed by atoms with Gasteiger partial charge in [0.15, 0.2) is 0 Å². The van der Waals surface area contributed by atoms with E-state index in [1.54, 1.807) is 0 Å². The fourth-order valence-corrected chi connectivity index (χ4v) is 3.43. The minimum absolute atomic E-state index is 0.0323. The Morgan fingerprint density at radius 2 is 1.21 bits per heavy atom. The molecular weight excluding hydrogens is 364 g/mol. The first-order chi connectivity index (χ1) is 14.1. The summed E-state index contributed by atoms with van der Waals surface area (Å²) in [6.45, 7) is 2.43. The van der Waals surface area contributed by atoms with Crippen molar-refractivity contribution in [3.63, 3.8) is 0 Å². The van der Waals surface area contributed by atoms with E-state index in [1.165, 1.54) is 0 Å². The van der Waals surface area contributed by atoms with E-state index in [2.05, 4.69) is 36.4 Å². The second-order valence-electron chi connectivity index (χ2n) is 7.10. The van der Waals surface area contributed by atoms with Crippen LogP contribution in [-0.4, -0.2) is 30.9 Å². The van der Waals surface area contributed by atoms with Gasteiger partial charge in [0.05, 0.1) is 13.2 Å². The molecule has 29 heavy (non-hydrogen) atoms. The summed E-state index contributed by atoms with van der Waals surface area (Å²) in [6.07, 6.45) is 0. The number of ether oxygens (including phenoxy) is 2. The van der Waals surface area contributed by atoms with Crippen LogP contribution in [0.25, 0.3) is 0 Å². The van der Waals surface area contributed by atoms with E-state index in [9.17, 15) is 4.79 Å². The second kappa shape index (κ2) is 10.0. The molecule has 0 heterocycles. The van der Waals surface area contributed by atoms with Gasteiger partial charge in [-0.3, -0.25) is 0 Å². The normalized spacial score (nSPS) is 12.4. The molecule has 1 N–H and O–H groups in total. The first-order valence-corrected chi connectivity index (χ1v) is 9.73. The monoisotopic (exact) mass is 390 g/mol. The molecule has 0 aromatic heterocycles. The minimum Gasteiger partial charge on any atom is -0.480 e. The third-order valence-electron chi connectivity index (χ3n) is 4.75. The van der Waals surface area contributed by atoms with Gasteiger partial charge in [0.2, 0.25) is 0 Å². The number of hydrogen-bond acceptors (Lipinski definition) is 3. The van der Waals surface area contributed by atoms with Crippen LogP contribution in [0.15, 0.2) is 91.0 Å². The highest BCUT2D eigenvalue weighted by Crippen LogP contribution is 2.40. The molecule has 0 aliphatic heterocycles. The Hall–Kier alpha value is -2.95. The van der Waals surface area contributed by atoms with Crippen molar-refractivity contribution in [3.8, 4) is 0 Å². The lowest BCUT2D eigenvalue weighted by Gasteiger charge is -2.36. The van der Waals surface area contributed by atoms with Crippen molar-refractivity contribution in [2.24, 2.45) is 5.92 Å². The van der Waals surface area contributed by atoms with E-state index in [4.69, 9.17) is 14.6 Å². The van der Waals surface area contributed by atoms with Gasteiger partial charge in [0.1, 0.15) is 12.2 Å². The predicted octanol–water partition coefficient (Wildman–Crippen LogP) is 4.73. The molecule has 3 aromatic rings. The van der Waals surface area contributed by atoms with Crippen LogP contribution < -0.4 is 0 Å². The zero-order valence-electron chi connectivity index (χ0n) is 16.5. The zero-order chi connectivity index (χ0) is 20.5. The molecule has 0 radical (unpaired) electrons. The summed E-state index contributed by atoms with van der Waals surface area (Å²) >= 11 is 0. The van der Waals surface area contributed by atoms with Crippen molar-refractivity contribution in [2.45, 2.75) is 12.5 Å². The summed E-state index contributed by atoms with van der Waals surface area (Å²) in [4.78, 5) is 10.7. The third-order valence-corrected chi connectivity index (χ3v) is 4.75. The number of carboxylic acid groups (broad SMARTS) is 1. The lowest BCUT2D eigenvalue weighted by Crippen LogP contribution is -2.35. The molecule has 4 heteroatoms. The number of hydrogen-bond donors (Lipinski definition) is 1. The Labute approximate surface area is 171 Å². The van der Waals surface area contributed by atoms with Crippen molar-refractivity contribution in [1.82, 2.24) is 0 Å². The standard InChI is InChI=1S/C25H26O4/c1-20(17-28-19-24(26)27)18-29-25(21-11-5-2-6-12-21,22-13-7-3-8-14-22)23-15-9-4-10-16-23/h2-16,20H,17-19H2,1H3,(H,26,27)/t20-/m0/s1. The maximum atomic E-state index is 10.7. The Balaban J connectivity index is 1.98. The first kappa shape index (κ1) is 20.8. The molecule has 0 bridgehead atoms. The number of benzene rings is 3. The van der Waals surface area contributed by atoms with E-state index < -0.39 is 11.6 Å². The highest BCUT2D eigenvalue weighted by molar-refractivity contribution is 5.67. The highest BCUT2D eigenvalue weighted by Gasteiger charge is 2.37. The topological polar surface area (TPSA) is 55.8 Å². The van der Waals surface area contributed by atoms with Gasteiger partial charge in [0.25, 0.3) is 0 Å². The highest BCUT2D eigenvalue weighted by atomic mass is 16.5. The number of aliphatic carboxylic acids is 1. The fraction of sp³-hybridized carbons (Fsp3) is 0.240. The van der Waals surface area contributed by atoms with Crippen molar-refractivity contribution < 1.29 is 19.4 Å². The molecule has 4 nitrogen and oxygen atoms in total. The average molecular weight is 390 g/mol. The van der Waals surface area contributed by atoms with Crippen LogP contribution in [0, 0.1) is 5.92 Å².